The van der Waals surface area contributed by atoms with E-state index in [1.165, 1.54) is 11.3 Å². The summed E-state index contributed by atoms with van der Waals surface area (Å²) in [5.41, 5.74) is 0. The molecule has 2 aromatic heterocycles. The van der Waals surface area contributed by atoms with E-state index >= 15 is 0 Å². The largest absolute Gasteiger partial charge is 0.462 e. The van der Waals surface area contributed by atoms with E-state index in [1.807, 2.05) is 12.1 Å². The highest BCUT2D eigenvalue weighted by Gasteiger charge is 2.23. The van der Waals surface area contributed by atoms with Crippen LogP contribution in [0.2, 0.25) is 0 Å². The number of amides is 1. The van der Waals surface area contributed by atoms with Crippen LogP contribution < -0.4 is 10.6 Å². The molecule has 2 unspecified atom stereocenters. The first-order valence-corrected chi connectivity index (χ1v) is 7.59. The zero-order chi connectivity index (χ0) is 13.9. The average Bonchev–Trinajstić information content (AvgIpc) is 3.11. The Hall–Kier alpha value is -1.08. The summed E-state index contributed by atoms with van der Waals surface area (Å²) >= 11 is 1.35. The normalized spacial score (nSPS) is 20.6. The summed E-state index contributed by atoms with van der Waals surface area (Å²) in [6, 6.07) is 4.15. The lowest BCUT2D eigenvalue weighted by Crippen LogP contribution is -2.51. The van der Waals surface area contributed by atoms with Gasteiger partial charge in [-0.05, 0) is 38.4 Å². The maximum atomic E-state index is 12.2. The van der Waals surface area contributed by atoms with E-state index in [2.05, 4.69) is 22.5 Å². The minimum atomic E-state index is -0.0548. The molecule has 8 heteroatoms. The number of rotatable bonds is 3. The van der Waals surface area contributed by atoms with Crippen molar-refractivity contribution in [2.24, 2.45) is 0 Å². The summed E-state index contributed by atoms with van der Waals surface area (Å²) < 4.78 is 5.29. The van der Waals surface area contributed by atoms with Crippen LogP contribution in [0.3, 0.4) is 0 Å². The predicted octanol–water partition coefficient (Wildman–Crippen LogP) is 3.12. The molecule has 2 N–H and O–H groups in total. The number of piperidine rings is 1. The number of carbonyl (C=O) groups is 1. The van der Waals surface area contributed by atoms with Crippen molar-refractivity contribution in [1.82, 2.24) is 15.6 Å². The lowest BCUT2D eigenvalue weighted by Gasteiger charge is -2.30. The molecule has 2 aromatic rings. The Morgan fingerprint density at radius 1 is 1.50 bits per heavy atom. The number of hydrogen-bond donors (Lipinski definition) is 2. The average molecular weight is 364 g/mol. The lowest BCUT2D eigenvalue weighted by atomic mass is 10.00. The highest BCUT2D eigenvalue weighted by atomic mass is 35.5. The number of thiazole rings is 1. The Morgan fingerprint density at radius 2 is 2.32 bits per heavy atom. The number of furan rings is 1. The van der Waals surface area contributed by atoms with Gasteiger partial charge in [-0.3, -0.25) is 4.79 Å². The topological polar surface area (TPSA) is 67.2 Å². The number of aromatic nitrogens is 1. The van der Waals surface area contributed by atoms with Crippen LogP contribution in [0.25, 0.3) is 10.8 Å². The second-order valence-electron chi connectivity index (χ2n) is 4.97. The zero-order valence-electron chi connectivity index (χ0n) is 12.1. The molecule has 0 aromatic carbocycles. The Bertz CT molecular complexity index is 589. The minimum absolute atomic E-state index is 0. The van der Waals surface area contributed by atoms with Crippen LogP contribution in [-0.2, 0) is 0 Å². The molecule has 0 radical (unpaired) electrons. The second kappa shape index (κ2) is 8.53. The van der Waals surface area contributed by atoms with Crippen molar-refractivity contribution in [2.75, 3.05) is 6.54 Å². The fourth-order valence-electron chi connectivity index (χ4n) is 2.37. The third kappa shape index (κ3) is 4.23. The molecule has 22 heavy (non-hydrogen) atoms. The van der Waals surface area contributed by atoms with Crippen molar-refractivity contribution in [3.63, 3.8) is 0 Å². The van der Waals surface area contributed by atoms with E-state index in [0.717, 1.165) is 24.4 Å². The molecule has 1 fully saturated rings. The van der Waals surface area contributed by atoms with Crippen LogP contribution in [0, 0.1) is 0 Å². The standard InChI is InChI=1S/C14H17N3O2S.2ClH/c1-9-10(4-2-6-15-9)17-13(18)12-8-16-14(20-12)11-5-3-7-19-11;;/h3,5,7-10,15H,2,4,6H2,1H3,(H,17,18);2*1H. The molecule has 5 nitrogen and oxygen atoms in total. The van der Waals surface area contributed by atoms with Gasteiger partial charge in [-0.2, -0.15) is 0 Å². The van der Waals surface area contributed by atoms with Gasteiger partial charge in [0.15, 0.2) is 10.8 Å². The quantitative estimate of drug-likeness (QED) is 0.878. The summed E-state index contributed by atoms with van der Waals surface area (Å²) in [6.07, 6.45) is 5.32. The molecule has 1 aliphatic rings. The molecule has 3 rings (SSSR count). The molecule has 0 spiro atoms. The van der Waals surface area contributed by atoms with Gasteiger partial charge in [0.05, 0.1) is 12.5 Å². The highest BCUT2D eigenvalue weighted by Crippen LogP contribution is 2.25. The van der Waals surface area contributed by atoms with Crippen molar-refractivity contribution < 1.29 is 9.21 Å². The van der Waals surface area contributed by atoms with Gasteiger partial charge in [0.2, 0.25) is 0 Å². The SMILES string of the molecule is CC1NCCCC1NC(=O)c1cnc(-c2ccco2)s1.Cl.Cl. The van der Waals surface area contributed by atoms with E-state index in [1.54, 1.807) is 12.5 Å². The monoisotopic (exact) mass is 363 g/mol. The highest BCUT2D eigenvalue weighted by molar-refractivity contribution is 7.16. The third-order valence-electron chi connectivity index (χ3n) is 3.54. The maximum Gasteiger partial charge on any atom is 0.263 e. The summed E-state index contributed by atoms with van der Waals surface area (Å²) in [5.74, 6) is 0.641. The predicted molar refractivity (Wildman–Crippen MR) is 92.3 cm³/mol. The summed E-state index contributed by atoms with van der Waals surface area (Å²) in [6.45, 7) is 3.13. The van der Waals surface area contributed by atoms with E-state index in [0.29, 0.717) is 16.7 Å². The smallest absolute Gasteiger partial charge is 0.263 e. The first-order chi connectivity index (χ1) is 9.74. The molecule has 1 amide bonds. The number of nitrogens with zero attached hydrogens (tertiary/aromatic N) is 1. The molecular weight excluding hydrogens is 345 g/mol. The molecule has 2 atom stereocenters. The van der Waals surface area contributed by atoms with Gasteiger partial charge in [0, 0.05) is 12.1 Å². The van der Waals surface area contributed by atoms with Gasteiger partial charge in [0.25, 0.3) is 5.91 Å². The van der Waals surface area contributed by atoms with E-state index < -0.39 is 0 Å². The van der Waals surface area contributed by atoms with Gasteiger partial charge < -0.3 is 15.1 Å². The molecule has 0 saturated carbocycles. The van der Waals surface area contributed by atoms with Gasteiger partial charge in [-0.25, -0.2) is 4.98 Å². The van der Waals surface area contributed by atoms with Crippen molar-refractivity contribution in [3.8, 4) is 10.8 Å². The Labute approximate surface area is 145 Å². The molecule has 1 aliphatic heterocycles. The summed E-state index contributed by atoms with van der Waals surface area (Å²) in [4.78, 5) is 17.1. The fourth-order valence-corrected chi connectivity index (χ4v) is 3.16. The van der Waals surface area contributed by atoms with Gasteiger partial charge in [-0.1, -0.05) is 0 Å². The molecule has 0 bridgehead atoms. The van der Waals surface area contributed by atoms with Crippen LogP contribution in [-0.4, -0.2) is 29.5 Å². The summed E-state index contributed by atoms with van der Waals surface area (Å²) in [7, 11) is 0. The Balaban J connectivity index is 0.00000121. The second-order valence-corrected chi connectivity index (χ2v) is 6.00. The Kier molecular flexibility index (Phi) is 7.35. The Morgan fingerprint density at radius 3 is 3.00 bits per heavy atom. The summed E-state index contributed by atoms with van der Waals surface area (Å²) in [5, 5.41) is 7.19. The minimum Gasteiger partial charge on any atom is -0.462 e. The van der Waals surface area contributed by atoms with Crippen LogP contribution in [0.15, 0.2) is 29.0 Å². The third-order valence-corrected chi connectivity index (χ3v) is 4.55. The number of nitrogens with one attached hydrogen (secondary N) is 2. The molecule has 3 heterocycles. The van der Waals surface area contributed by atoms with Crippen molar-refractivity contribution in [3.05, 3.63) is 29.5 Å². The number of hydrogen-bond acceptors (Lipinski definition) is 5. The van der Waals surface area contributed by atoms with Crippen LogP contribution in [0.1, 0.15) is 29.4 Å². The van der Waals surface area contributed by atoms with Crippen molar-refractivity contribution >= 4 is 42.1 Å². The zero-order valence-corrected chi connectivity index (χ0v) is 14.5. The van der Waals surface area contributed by atoms with Gasteiger partial charge in [0.1, 0.15) is 4.88 Å². The van der Waals surface area contributed by atoms with Crippen LogP contribution in [0.4, 0.5) is 0 Å². The van der Waals surface area contributed by atoms with Crippen LogP contribution >= 0.6 is 36.2 Å². The van der Waals surface area contributed by atoms with Crippen LogP contribution in [0.5, 0.6) is 0 Å². The van der Waals surface area contributed by atoms with E-state index in [-0.39, 0.29) is 36.8 Å². The first kappa shape index (κ1) is 19.0. The molecule has 0 aliphatic carbocycles. The molecule has 122 valence electrons. The lowest BCUT2D eigenvalue weighted by molar-refractivity contribution is 0.0924. The maximum absolute atomic E-state index is 12.2. The van der Waals surface area contributed by atoms with Gasteiger partial charge >= 0.3 is 0 Å². The number of carbonyl (C=O) groups excluding carboxylic acids is 1. The fraction of sp³-hybridized carbons (Fsp3) is 0.429. The first-order valence-electron chi connectivity index (χ1n) is 6.78. The van der Waals surface area contributed by atoms with E-state index in [9.17, 15) is 4.79 Å². The molecule has 1 saturated heterocycles. The van der Waals surface area contributed by atoms with Crippen molar-refractivity contribution in [1.29, 1.82) is 0 Å². The van der Waals surface area contributed by atoms with Crippen molar-refractivity contribution in [2.45, 2.75) is 31.8 Å². The number of halogens is 2. The molecular formula is C14H19Cl2N3O2S. The van der Waals surface area contributed by atoms with Gasteiger partial charge in [-0.15, -0.1) is 36.2 Å². The van der Waals surface area contributed by atoms with E-state index in [4.69, 9.17) is 4.42 Å².